The monoisotopic (exact) mass is 452 g/mol. The van der Waals surface area contributed by atoms with Gasteiger partial charge in [0.2, 0.25) is 15.9 Å². The molecule has 0 atom stereocenters. The van der Waals surface area contributed by atoms with Crippen LogP contribution in [-0.2, 0) is 21.4 Å². The van der Waals surface area contributed by atoms with Gasteiger partial charge in [0, 0.05) is 25.1 Å². The first-order chi connectivity index (χ1) is 15.4. The number of nitrogens with one attached hydrogen (secondary N) is 3. The number of aromatic amines is 1. The van der Waals surface area contributed by atoms with E-state index in [-0.39, 0.29) is 36.1 Å². The van der Waals surface area contributed by atoms with Crippen LogP contribution in [0.5, 0.6) is 0 Å². The fourth-order valence-electron chi connectivity index (χ4n) is 3.16. The quantitative estimate of drug-likeness (QED) is 0.381. The SMILES string of the molecule is O=C(CCNS(=O)(=O)c1ccc2nc(-c3ccccc3)[nH]c2c1)NCc1ccc(F)cc1. The number of sulfonamides is 1. The Morgan fingerprint density at radius 1 is 1.00 bits per heavy atom. The van der Waals surface area contributed by atoms with Gasteiger partial charge in [0.15, 0.2) is 0 Å². The van der Waals surface area contributed by atoms with Crippen molar-refractivity contribution in [1.29, 1.82) is 0 Å². The Bertz CT molecular complexity index is 1340. The summed E-state index contributed by atoms with van der Waals surface area (Å²) in [6, 6.07) is 20.0. The molecule has 1 amide bonds. The van der Waals surface area contributed by atoms with Crippen LogP contribution >= 0.6 is 0 Å². The summed E-state index contributed by atoms with van der Waals surface area (Å²) in [6.07, 6.45) is -0.0229. The molecule has 0 bridgehead atoms. The minimum absolute atomic E-state index is 0.0229. The smallest absolute Gasteiger partial charge is 0.240 e. The molecule has 3 aromatic carbocycles. The highest BCUT2D eigenvalue weighted by atomic mass is 32.2. The molecule has 0 saturated heterocycles. The van der Waals surface area contributed by atoms with E-state index in [1.807, 2.05) is 30.3 Å². The molecule has 0 aliphatic carbocycles. The molecule has 9 heteroatoms. The Morgan fingerprint density at radius 3 is 2.50 bits per heavy atom. The molecule has 0 fully saturated rings. The first kappa shape index (κ1) is 21.7. The summed E-state index contributed by atoms with van der Waals surface area (Å²) in [6.45, 7) is 0.194. The second-order valence-electron chi connectivity index (χ2n) is 7.18. The molecule has 0 aliphatic heterocycles. The second-order valence-corrected chi connectivity index (χ2v) is 8.95. The number of fused-ring (bicyclic) bond motifs is 1. The lowest BCUT2D eigenvalue weighted by atomic mass is 10.2. The summed E-state index contributed by atoms with van der Waals surface area (Å²) in [5, 5.41) is 2.68. The van der Waals surface area contributed by atoms with Crippen LogP contribution in [0.1, 0.15) is 12.0 Å². The van der Waals surface area contributed by atoms with Gasteiger partial charge in [-0.15, -0.1) is 0 Å². The minimum Gasteiger partial charge on any atom is -0.352 e. The predicted octanol–water partition coefficient (Wildman–Crippen LogP) is 3.35. The molecular formula is C23H21FN4O3S. The summed E-state index contributed by atoms with van der Waals surface area (Å²) >= 11 is 0. The molecule has 3 N–H and O–H groups in total. The molecule has 0 unspecified atom stereocenters. The number of hydrogen-bond acceptors (Lipinski definition) is 4. The molecule has 0 radical (unpaired) electrons. The van der Waals surface area contributed by atoms with Crippen molar-refractivity contribution in [3.63, 3.8) is 0 Å². The molecular weight excluding hydrogens is 431 g/mol. The van der Waals surface area contributed by atoms with Crippen molar-refractivity contribution in [1.82, 2.24) is 20.0 Å². The summed E-state index contributed by atoms with van der Waals surface area (Å²) < 4.78 is 40.6. The fraction of sp³-hybridized carbons (Fsp3) is 0.130. The van der Waals surface area contributed by atoms with Gasteiger partial charge in [0.05, 0.1) is 15.9 Å². The number of halogens is 1. The van der Waals surface area contributed by atoms with Crippen LogP contribution in [0, 0.1) is 5.82 Å². The van der Waals surface area contributed by atoms with Gasteiger partial charge in [-0.2, -0.15) is 0 Å². The van der Waals surface area contributed by atoms with E-state index in [2.05, 4.69) is 20.0 Å². The van der Waals surface area contributed by atoms with Gasteiger partial charge in [0.25, 0.3) is 0 Å². The lowest BCUT2D eigenvalue weighted by molar-refractivity contribution is -0.121. The predicted molar refractivity (Wildman–Crippen MR) is 120 cm³/mol. The van der Waals surface area contributed by atoms with Crippen LogP contribution in [0.4, 0.5) is 4.39 Å². The third-order valence-corrected chi connectivity index (χ3v) is 6.32. The van der Waals surface area contributed by atoms with E-state index in [1.54, 1.807) is 18.2 Å². The van der Waals surface area contributed by atoms with E-state index in [4.69, 9.17) is 0 Å². The van der Waals surface area contributed by atoms with Gasteiger partial charge < -0.3 is 10.3 Å². The second kappa shape index (κ2) is 9.29. The molecule has 32 heavy (non-hydrogen) atoms. The summed E-state index contributed by atoms with van der Waals surface area (Å²) in [4.78, 5) is 19.7. The van der Waals surface area contributed by atoms with Crippen molar-refractivity contribution >= 4 is 27.0 Å². The van der Waals surface area contributed by atoms with E-state index in [1.165, 1.54) is 24.3 Å². The maximum atomic E-state index is 12.9. The number of aromatic nitrogens is 2. The minimum atomic E-state index is -3.79. The standard InChI is InChI=1S/C23H21FN4O3S/c24-18-8-6-16(7-9-18)15-25-22(29)12-13-26-32(30,31)19-10-11-20-21(14-19)28-23(27-20)17-4-2-1-3-5-17/h1-11,14,26H,12-13,15H2,(H,25,29)(H,27,28). The van der Waals surface area contributed by atoms with Crippen LogP contribution < -0.4 is 10.0 Å². The molecule has 4 aromatic rings. The van der Waals surface area contributed by atoms with Gasteiger partial charge in [-0.3, -0.25) is 4.79 Å². The van der Waals surface area contributed by atoms with Gasteiger partial charge in [-0.25, -0.2) is 22.5 Å². The molecule has 1 aromatic heterocycles. The third-order valence-electron chi connectivity index (χ3n) is 4.86. The Hall–Kier alpha value is -3.56. The van der Waals surface area contributed by atoms with E-state index in [0.29, 0.717) is 16.9 Å². The van der Waals surface area contributed by atoms with E-state index >= 15 is 0 Å². The Labute approximate surface area is 184 Å². The highest BCUT2D eigenvalue weighted by Crippen LogP contribution is 2.22. The molecule has 164 valence electrons. The van der Waals surface area contributed by atoms with Gasteiger partial charge in [-0.05, 0) is 35.9 Å². The van der Waals surface area contributed by atoms with E-state index in [9.17, 15) is 17.6 Å². The molecule has 0 aliphatic rings. The number of amides is 1. The number of nitrogens with zero attached hydrogens (tertiary/aromatic N) is 1. The maximum absolute atomic E-state index is 12.9. The maximum Gasteiger partial charge on any atom is 0.240 e. The third kappa shape index (κ3) is 5.19. The van der Waals surface area contributed by atoms with Crippen LogP contribution in [0.2, 0.25) is 0 Å². The number of H-pyrrole nitrogens is 1. The summed E-state index contributed by atoms with van der Waals surface area (Å²) in [7, 11) is -3.79. The lowest BCUT2D eigenvalue weighted by Gasteiger charge is -2.08. The van der Waals surface area contributed by atoms with Crippen molar-refractivity contribution in [2.45, 2.75) is 17.9 Å². The molecule has 0 saturated carbocycles. The Kier molecular flexibility index (Phi) is 6.29. The van der Waals surface area contributed by atoms with Crippen molar-refractivity contribution in [3.8, 4) is 11.4 Å². The highest BCUT2D eigenvalue weighted by Gasteiger charge is 2.16. The Balaban J connectivity index is 1.35. The molecule has 0 spiro atoms. The van der Waals surface area contributed by atoms with Crippen LogP contribution in [0.3, 0.4) is 0 Å². The van der Waals surface area contributed by atoms with Crippen molar-refractivity contribution in [2.75, 3.05) is 6.54 Å². The van der Waals surface area contributed by atoms with Gasteiger partial charge in [0.1, 0.15) is 11.6 Å². The number of carbonyl (C=O) groups is 1. The largest absolute Gasteiger partial charge is 0.352 e. The van der Waals surface area contributed by atoms with Gasteiger partial charge in [-0.1, -0.05) is 42.5 Å². The average molecular weight is 453 g/mol. The van der Waals surface area contributed by atoms with E-state index in [0.717, 1.165) is 11.1 Å². The van der Waals surface area contributed by atoms with Crippen molar-refractivity contribution in [2.24, 2.45) is 0 Å². The number of rotatable bonds is 8. The zero-order valence-electron chi connectivity index (χ0n) is 17.0. The van der Waals surface area contributed by atoms with Crippen molar-refractivity contribution < 1.29 is 17.6 Å². The summed E-state index contributed by atoms with van der Waals surface area (Å²) in [5.74, 6) is -0.00595. The zero-order valence-corrected chi connectivity index (χ0v) is 17.8. The van der Waals surface area contributed by atoms with E-state index < -0.39 is 10.0 Å². The topological polar surface area (TPSA) is 104 Å². The lowest BCUT2D eigenvalue weighted by Crippen LogP contribution is -2.30. The van der Waals surface area contributed by atoms with Crippen LogP contribution in [0.25, 0.3) is 22.4 Å². The number of carbonyl (C=O) groups excluding carboxylic acids is 1. The van der Waals surface area contributed by atoms with Gasteiger partial charge >= 0.3 is 0 Å². The number of hydrogen-bond donors (Lipinski definition) is 3. The van der Waals surface area contributed by atoms with Crippen molar-refractivity contribution in [3.05, 3.63) is 84.2 Å². The van der Waals surface area contributed by atoms with Crippen LogP contribution in [-0.4, -0.2) is 30.8 Å². The number of imidazole rings is 1. The average Bonchev–Trinajstić information content (AvgIpc) is 3.23. The Morgan fingerprint density at radius 2 is 1.75 bits per heavy atom. The normalized spacial score (nSPS) is 11.5. The first-order valence-corrected chi connectivity index (χ1v) is 11.4. The molecule has 4 rings (SSSR count). The molecule has 1 heterocycles. The van der Waals surface area contributed by atoms with Crippen LogP contribution in [0.15, 0.2) is 77.7 Å². The number of benzene rings is 3. The molecule has 7 nitrogen and oxygen atoms in total. The first-order valence-electron chi connectivity index (χ1n) is 9.97. The highest BCUT2D eigenvalue weighted by molar-refractivity contribution is 7.89. The summed E-state index contributed by atoms with van der Waals surface area (Å²) in [5.41, 5.74) is 2.91. The fourth-order valence-corrected chi connectivity index (χ4v) is 4.22. The zero-order chi connectivity index (χ0) is 22.6.